The molecule has 0 unspecified atom stereocenters. The molecule has 2 aromatic carbocycles. The van der Waals surface area contributed by atoms with Crippen LogP contribution >= 0.6 is 0 Å². The zero-order chi connectivity index (χ0) is 13.8. The Bertz CT molecular complexity index is 738. The van der Waals surface area contributed by atoms with Gasteiger partial charge in [0.25, 0.3) is 0 Å². The standard InChI is InChI=1S/C17H14N2O/c20-17(12-19-15-6-2-1-3-7-15)14-9-8-13-5-4-10-18-16(13)11-14/h1-11,19H,12H2. The van der Waals surface area contributed by atoms with E-state index in [4.69, 9.17) is 0 Å². The number of ketones is 1. The van der Waals surface area contributed by atoms with Crippen LogP contribution in [0.3, 0.4) is 0 Å². The zero-order valence-corrected chi connectivity index (χ0v) is 10.9. The average molecular weight is 262 g/mol. The van der Waals surface area contributed by atoms with E-state index >= 15 is 0 Å². The van der Waals surface area contributed by atoms with Crippen LogP contribution in [0.25, 0.3) is 10.9 Å². The summed E-state index contributed by atoms with van der Waals surface area (Å²) in [5, 5.41) is 4.16. The van der Waals surface area contributed by atoms with Crippen LogP contribution in [0.5, 0.6) is 0 Å². The second-order valence-electron chi connectivity index (χ2n) is 4.55. The van der Waals surface area contributed by atoms with Gasteiger partial charge in [-0.1, -0.05) is 36.4 Å². The summed E-state index contributed by atoms with van der Waals surface area (Å²) in [6, 6.07) is 19.2. The van der Waals surface area contributed by atoms with Gasteiger partial charge in [-0.15, -0.1) is 0 Å². The molecule has 0 radical (unpaired) electrons. The van der Waals surface area contributed by atoms with E-state index in [0.717, 1.165) is 16.6 Å². The lowest BCUT2D eigenvalue weighted by molar-refractivity contribution is 0.101. The number of fused-ring (bicyclic) bond motifs is 1. The van der Waals surface area contributed by atoms with Gasteiger partial charge in [0, 0.05) is 22.8 Å². The first-order chi connectivity index (χ1) is 9.83. The first kappa shape index (κ1) is 12.4. The minimum Gasteiger partial charge on any atom is -0.378 e. The lowest BCUT2D eigenvalue weighted by Gasteiger charge is -2.06. The van der Waals surface area contributed by atoms with Crippen molar-refractivity contribution in [2.24, 2.45) is 0 Å². The van der Waals surface area contributed by atoms with Crippen LogP contribution in [0.1, 0.15) is 10.4 Å². The van der Waals surface area contributed by atoms with Crippen molar-refractivity contribution in [3.05, 3.63) is 72.4 Å². The van der Waals surface area contributed by atoms with Gasteiger partial charge < -0.3 is 5.32 Å². The molecule has 1 N–H and O–H groups in total. The Balaban J connectivity index is 1.75. The molecule has 3 rings (SSSR count). The van der Waals surface area contributed by atoms with Gasteiger partial charge in [-0.05, 0) is 24.3 Å². The van der Waals surface area contributed by atoms with Crippen molar-refractivity contribution in [1.82, 2.24) is 4.98 Å². The van der Waals surface area contributed by atoms with E-state index < -0.39 is 0 Å². The average Bonchev–Trinajstić information content (AvgIpc) is 2.53. The van der Waals surface area contributed by atoms with Gasteiger partial charge >= 0.3 is 0 Å². The van der Waals surface area contributed by atoms with Gasteiger partial charge in [-0.25, -0.2) is 0 Å². The number of Topliss-reactive ketones (excluding diaryl/α,β-unsaturated/α-hetero) is 1. The Hall–Kier alpha value is -2.68. The first-order valence-electron chi connectivity index (χ1n) is 6.50. The van der Waals surface area contributed by atoms with Gasteiger partial charge in [-0.3, -0.25) is 9.78 Å². The maximum atomic E-state index is 12.2. The molecule has 3 heteroatoms. The minimum atomic E-state index is 0.0569. The van der Waals surface area contributed by atoms with Crippen LogP contribution in [0.2, 0.25) is 0 Å². The van der Waals surface area contributed by atoms with Crippen molar-refractivity contribution in [2.45, 2.75) is 0 Å². The molecule has 1 aromatic heterocycles. The molecule has 0 spiro atoms. The molecular weight excluding hydrogens is 248 g/mol. The summed E-state index contributed by atoms with van der Waals surface area (Å²) in [4.78, 5) is 16.4. The van der Waals surface area contributed by atoms with E-state index in [1.165, 1.54) is 0 Å². The fraction of sp³-hybridized carbons (Fsp3) is 0.0588. The number of carbonyl (C=O) groups is 1. The third-order valence-electron chi connectivity index (χ3n) is 3.15. The second kappa shape index (κ2) is 5.53. The molecule has 0 fully saturated rings. The second-order valence-corrected chi connectivity index (χ2v) is 4.55. The Morgan fingerprint density at radius 2 is 1.85 bits per heavy atom. The predicted octanol–water partition coefficient (Wildman–Crippen LogP) is 3.53. The largest absolute Gasteiger partial charge is 0.378 e. The molecule has 0 bridgehead atoms. The molecule has 0 amide bonds. The van der Waals surface area contributed by atoms with Crippen molar-refractivity contribution in [1.29, 1.82) is 0 Å². The SMILES string of the molecule is O=C(CNc1ccccc1)c1ccc2cccnc2c1. The summed E-state index contributed by atoms with van der Waals surface area (Å²) in [5.41, 5.74) is 2.47. The quantitative estimate of drug-likeness (QED) is 0.731. The summed E-state index contributed by atoms with van der Waals surface area (Å²) < 4.78 is 0. The number of pyridine rings is 1. The Morgan fingerprint density at radius 1 is 1.00 bits per heavy atom. The Kier molecular flexibility index (Phi) is 3.42. The first-order valence-corrected chi connectivity index (χ1v) is 6.50. The monoisotopic (exact) mass is 262 g/mol. The fourth-order valence-corrected chi connectivity index (χ4v) is 2.08. The Morgan fingerprint density at radius 3 is 2.70 bits per heavy atom. The third kappa shape index (κ3) is 2.67. The highest BCUT2D eigenvalue weighted by Gasteiger charge is 2.06. The van der Waals surface area contributed by atoms with Crippen molar-refractivity contribution < 1.29 is 4.79 Å². The van der Waals surface area contributed by atoms with Crippen molar-refractivity contribution in [2.75, 3.05) is 11.9 Å². The molecule has 98 valence electrons. The van der Waals surface area contributed by atoms with Crippen molar-refractivity contribution in [3.8, 4) is 0 Å². The summed E-state index contributed by atoms with van der Waals surface area (Å²) in [5.74, 6) is 0.0569. The van der Waals surface area contributed by atoms with E-state index in [1.807, 2.05) is 60.7 Å². The number of nitrogens with zero attached hydrogens (tertiary/aromatic N) is 1. The van der Waals surface area contributed by atoms with Gasteiger partial charge in [0.05, 0.1) is 12.1 Å². The number of para-hydroxylation sites is 1. The molecule has 0 atom stereocenters. The minimum absolute atomic E-state index is 0.0569. The summed E-state index contributed by atoms with van der Waals surface area (Å²) >= 11 is 0. The van der Waals surface area contributed by atoms with Gasteiger partial charge in [0.15, 0.2) is 5.78 Å². The molecule has 0 saturated heterocycles. The van der Waals surface area contributed by atoms with E-state index in [-0.39, 0.29) is 12.3 Å². The highest BCUT2D eigenvalue weighted by atomic mass is 16.1. The number of carbonyl (C=O) groups excluding carboxylic acids is 1. The summed E-state index contributed by atoms with van der Waals surface area (Å²) in [7, 11) is 0. The molecule has 0 aliphatic carbocycles. The molecule has 3 nitrogen and oxygen atoms in total. The lowest BCUT2D eigenvalue weighted by atomic mass is 10.1. The third-order valence-corrected chi connectivity index (χ3v) is 3.15. The maximum absolute atomic E-state index is 12.2. The smallest absolute Gasteiger partial charge is 0.181 e. The molecule has 0 saturated carbocycles. The number of benzene rings is 2. The Labute approximate surface area is 117 Å². The van der Waals surface area contributed by atoms with E-state index in [0.29, 0.717) is 5.56 Å². The normalized spacial score (nSPS) is 10.4. The van der Waals surface area contributed by atoms with Crippen molar-refractivity contribution in [3.63, 3.8) is 0 Å². The molecule has 20 heavy (non-hydrogen) atoms. The molecule has 0 aliphatic heterocycles. The fourth-order valence-electron chi connectivity index (χ4n) is 2.08. The van der Waals surface area contributed by atoms with E-state index in [1.54, 1.807) is 6.20 Å². The van der Waals surface area contributed by atoms with Crippen LogP contribution in [0, 0.1) is 0 Å². The van der Waals surface area contributed by atoms with Gasteiger partial charge in [0.1, 0.15) is 0 Å². The number of rotatable bonds is 4. The highest BCUT2D eigenvalue weighted by molar-refractivity contribution is 6.01. The van der Waals surface area contributed by atoms with Crippen LogP contribution in [-0.4, -0.2) is 17.3 Å². The molecule has 0 aliphatic rings. The van der Waals surface area contributed by atoms with Gasteiger partial charge in [0.2, 0.25) is 0 Å². The van der Waals surface area contributed by atoms with E-state index in [9.17, 15) is 4.79 Å². The maximum Gasteiger partial charge on any atom is 0.181 e. The number of nitrogens with one attached hydrogen (secondary N) is 1. The topological polar surface area (TPSA) is 42.0 Å². The van der Waals surface area contributed by atoms with Crippen LogP contribution in [0.4, 0.5) is 5.69 Å². The summed E-state index contributed by atoms with van der Waals surface area (Å²) in [6.07, 6.45) is 1.73. The van der Waals surface area contributed by atoms with E-state index in [2.05, 4.69) is 10.3 Å². The predicted molar refractivity (Wildman–Crippen MR) is 81.0 cm³/mol. The van der Waals surface area contributed by atoms with Crippen LogP contribution < -0.4 is 5.32 Å². The summed E-state index contributed by atoms with van der Waals surface area (Å²) in [6.45, 7) is 0.280. The van der Waals surface area contributed by atoms with Crippen LogP contribution in [-0.2, 0) is 0 Å². The molecule has 3 aromatic rings. The molecule has 1 heterocycles. The molecular formula is C17H14N2O. The van der Waals surface area contributed by atoms with Gasteiger partial charge in [-0.2, -0.15) is 0 Å². The highest BCUT2D eigenvalue weighted by Crippen LogP contribution is 2.14. The number of aromatic nitrogens is 1. The van der Waals surface area contributed by atoms with Crippen LogP contribution in [0.15, 0.2) is 66.9 Å². The van der Waals surface area contributed by atoms with Crippen molar-refractivity contribution >= 4 is 22.4 Å². The zero-order valence-electron chi connectivity index (χ0n) is 10.9. The lowest BCUT2D eigenvalue weighted by Crippen LogP contribution is -2.13. The number of hydrogen-bond acceptors (Lipinski definition) is 3. The number of anilines is 1. The number of hydrogen-bond donors (Lipinski definition) is 1.